The monoisotopic (exact) mass is 281 g/mol. The minimum Gasteiger partial charge on any atom is -0.463 e. The third kappa shape index (κ3) is 5.71. The van der Waals surface area contributed by atoms with Gasteiger partial charge >= 0.3 is 12.1 Å². The lowest BCUT2D eigenvalue weighted by atomic mass is 10.2. The van der Waals surface area contributed by atoms with Gasteiger partial charge in [0.2, 0.25) is 6.23 Å². The first-order chi connectivity index (χ1) is 9.67. The highest BCUT2D eigenvalue weighted by Gasteiger charge is 2.22. The predicted octanol–water partition coefficient (Wildman–Crippen LogP) is 1.84. The molecule has 0 aliphatic heterocycles. The number of rotatable bonds is 7. The summed E-state index contributed by atoms with van der Waals surface area (Å²) in [5, 5.41) is 2.31. The molecule has 0 aliphatic carbocycles. The van der Waals surface area contributed by atoms with Crippen molar-refractivity contribution in [3.63, 3.8) is 0 Å². The summed E-state index contributed by atoms with van der Waals surface area (Å²) in [6.07, 6.45) is -1.89. The van der Waals surface area contributed by atoms with Gasteiger partial charge in [0, 0.05) is 6.61 Å². The van der Waals surface area contributed by atoms with E-state index in [0.717, 1.165) is 5.56 Å². The molecule has 1 aromatic carbocycles. The number of benzene rings is 1. The maximum absolute atomic E-state index is 11.6. The van der Waals surface area contributed by atoms with Crippen LogP contribution in [0.3, 0.4) is 0 Å². The van der Waals surface area contributed by atoms with Gasteiger partial charge in [-0.25, -0.2) is 9.59 Å². The summed E-state index contributed by atoms with van der Waals surface area (Å²) in [5.41, 5.74) is 0.853. The summed E-state index contributed by atoms with van der Waals surface area (Å²) in [7, 11) is 0. The Bertz CT molecular complexity index is 421. The normalized spacial score (nSPS) is 11.5. The average Bonchev–Trinajstić information content (AvgIpc) is 2.46. The Morgan fingerprint density at radius 3 is 2.40 bits per heavy atom. The number of alkyl carbamates (subject to hydrolysis) is 1. The van der Waals surface area contributed by atoms with Crippen molar-refractivity contribution >= 4 is 12.1 Å². The number of hydrogen-bond acceptors (Lipinski definition) is 5. The first kappa shape index (κ1) is 16.0. The van der Waals surface area contributed by atoms with Gasteiger partial charge in [-0.1, -0.05) is 30.3 Å². The van der Waals surface area contributed by atoms with E-state index in [1.54, 1.807) is 13.8 Å². The summed E-state index contributed by atoms with van der Waals surface area (Å²) < 4.78 is 14.9. The van der Waals surface area contributed by atoms with E-state index in [0.29, 0.717) is 0 Å². The van der Waals surface area contributed by atoms with Crippen LogP contribution < -0.4 is 5.32 Å². The van der Waals surface area contributed by atoms with Crippen molar-refractivity contribution in [1.29, 1.82) is 0 Å². The van der Waals surface area contributed by atoms with Gasteiger partial charge in [-0.2, -0.15) is 0 Å². The van der Waals surface area contributed by atoms with Crippen LogP contribution in [0.25, 0.3) is 0 Å². The van der Waals surface area contributed by atoms with Gasteiger partial charge in [-0.15, -0.1) is 0 Å². The van der Waals surface area contributed by atoms with E-state index in [-0.39, 0.29) is 19.8 Å². The van der Waals surface area contributed by atoms with E-state index < -0.39 is 18.3 Å². The predicted molar refractivity (Wildman–Crippen MR) is 71.8 cm³/mol. The van der Waals surface area contributed by atoms with Crippen LogP contribution in [0.1, 0.15) is 19.4 Å². The summed E-state index contributed by atoms with van der Waals surface area (Å²) in [6, 6.07) is 9.23. The molecule has 0 saturated heterocycles. The Morgan fingerprint density at radius 2 is 1.80 bits per heavy atom. The highest BCUT2D eigenvalue weighted by atomic mass is 16.6. The number of esters is 1. The summed E-state index contributed by atoms with van der Waals surface area (Å²) in [5.74, 6) is -0.647. The third-order valence-electron chi connectivity index (χ3n) is 2.30. The van der Waals surface area contributed by atoms with E-state index in [2.05, 4.69) is 5.32 Å². The Hall–Kier alpha value is -2.08. The number of ether oxygens (including phenoxy) is 3. The molecule has 0 aliphatic rings. The van der Waals surface area contributed by atoms with Gasteiger partial charge in [0.05, 0.1) is 6.61 Å². The largest absolute Gasteiger partial charge is 0.463 e. The highest BCUT2D eigenvalue weighted by molar-refractivity contribution is 5.80. The molecule has 1 aromatic rings. The molecule has 6 heteroatoms. The maximum atomic E-state index is 11.6. The van der Waals surface area contributed by atoms with E-state index in [4.69, 9.17) is 14.2 Å². The number of amides is 1. The lowest BCUT2D eigenvalue weighted by Crippen LogP contribution is -2.44. The first-order valence-corrected chi connectivity index (χ1v) is 6.42. The average molecular weight is 281 g/mol. The second-order valence-corrected chi connectivity index (χ2v) is 3.79. The zero-order chi connectivity index (χ0) is 14.8. The van der Waals surface area contributed by atoms with Crippen molar-refractivity contribution in [3.05, 3.63) is 35.9 Å². The van der Waals surface area contributed by atoms with Gasteiger partial charge in [0.25, 0.3) is 0 Å². The van der Waals surface area contributed by atoms with Crippen LogP contribution in [-0.4, -0.2) is 31.5 Å². The van der Waals surface area contributed by atoms with Crippen molar-refractivity contribution in [2.24, 2.45) is 0 Å². The zero-order valence-corrected chi connectivity index (χ0v) is 11.6. The molecule has 0 radical (unpaired) electrons. The second-order valence-electron chi connectivity index (χ2n) is 3.79. The fourth-order valence-electron chi connectivity index (χ4n) is 1.43. The van der Waals surface area contributed by atoms with Crippen molar-refractivity contribution in [2.75, 3.05) is 13.2 Å². The fraction of sp³-hybridized carbons (Fsp3) is 0.429. The molecule has 0 spiro atoms. The Kier molecular flexibility index (Phi) is 7.13. The Labute approximate surface area is 118 Å². The smallest absolute Gasteiger partial charge is 0.409 e. The van der Waals surface area contributed by atoms with Crippen LogP contribution in [0.5, 0.6) is 0 Å². The molecule has 0 saturated carbocycles. The molecule has 0 heterocycles. The number of carbonyl (C=O) groups is 2. The molecule has 0 unspecified atom stereocenters. The minimum absolute atomic E-state index is 0.119. The van der Waals surface area contributed by atoms with Crippen LogP contribution in [0.15, 0.2) is 30.3 Å². The Balaban J connectivity index is 2.43. The zero-order valence-electron chi connectivity index (χ0n) is 11.6. The fourth-order valence-corrected chi connectivity index (χ4v) is 1.43. The van der Waals surface area contributed by atoms with Crippen molar-refractivity contribution < 1.29 is 23.8 Å². The van der Waals surface area contributed by atoms with E-state index in [1.807, 2.05) is 30.3 Å². The van der Waals surface area contributed by atoms with Crippen LogP contribution in [-0.2, 0) is 25.6 Å². The van der Waals surface area contributed by atoms with Crippen LogP contribution in [0, 0.1) is 0 Å². The molecule has 20 heavy (non-hydrogen) atoms. The molecule has 1 rings (SSSR count). The number of nitrogens with one attached hydrogen (secondary N) is 1. The van der Waals surface area contributed by atoms with Gasteiger partial charge in [0.15, 0.2) is 0 Å². The molecular weight excluding hydrogens is 262 g/mol. The maximum Gasteiger partial charge on any atom is 0.409 e. The van der Waals surface area contributed by atoms with Crippen LogP contribution in [0.2, 0.25) is 0 Å². The molecule has 110 valence electrons. The quantitative estimate of drug-likeness (QED) is 0.609. The SMILES string of the molecule is CCOC(=O)[C@H](NC(=O)OCc1ccccc1)OCC. The molecule has 6 nitrogen and oxygen atoms in total. The molecule has 1 amide bonds. The van der Waals surface area contributed by atoms with Gasteiger partial charge in [-0.3, -0.25) is 5.32 Å². The van der Waals surface area contributed by atoms with E-state index in [9.17, 15) is 9.59 Å². The minimum atomic E-state index is -1.15. The lowest BCUT2D eigenvalue weighted by molar-refractivity contribution is -0.158. The second kappa shape index (κ2) is 8.92. The molecular formula is C14H19NO5. The van der Waals surface area contributed by atoms with Crippen LogP contribution in [0.4, 0.5) is 4.79 Å². The number of carbonyl (C=O) groups excluding carboxylic acids is 2. The van der Waals surface area contributed by atoms with E-state index in [1.165, 1.54) is 0 Å². The van der Waals surface area contributed by atoms with Crippen molar-refractivity contribution in [1.82, 2.24) is 5.32 Å². The summed E-state index contributed by atoms with van der Waals surface area (Å²) in [6.45, 7) is 3.98. The summed E-state index contributed by atoms with van der Waals surface area (Å²) >= 11 is 0. The first-order valence-electron chi connectivity index (χ1n) is 6.42. The lowest BCUT2D eigenvalue weighted by Gasteiger charge is -2.16. The molecule has 1 N–H and O–H groups in total. The van der Waals surface area contributed by atoms with Crippen LogP contribution >= 0.6 is 0 Å². The van der Waals surface area contributed by atoms with Gasteiger partial charge in [0.1, 0.15) is 6.61 Å². The highest BCUT2D eigenvalue weighted by Crippen LogP contribution is 2.01. The van der Waals surface area contributed by atoms with Crippen molar-refractivity contribution in [2.45, 2.75) is 26.7 Å². The van der Waals surface area contributed by atoms with Gasteiger partial charge in [-0.05, 0) is 19.4 Å². The standard InChI is InChI=1S/C14H19NO5/c1-3-18-12(13(16)19-4-2)15-14(17)20-10-11-8-6-5-7-9-11/h5-9,12H,3-4,10H2,1-2H3,(H,15,17)/t12-/m1/s1. The van der Waals surface area contributed by atoms with E-state index >= 15 is 0 Å². The molecule has 0 bridgehead atoms. The molecule has 0 aromatic heterocycles. The third-order valence-corrected chi connectivity index (χ3v) is 2.30. The Morgan fingerprint density at radius 1 is 1.10 bits per heavy atom. The number of hydrogen-bond donors (Lipinski definition) is 1. The van der Waals surface area contributed by atoms with Crippen molar-refractivity contribution in [3.8, 4) is 0 Å². The molecule has 0 fully saturated rings. The summed E-state index contributed by atoms with van der Waals surface area (Å²) in [4.78, 5) is 23.1. The topological polar surface area (TPSA) is 73.9 Å². The molecule has 1 atom stereocenters. The van der Waals surface area contributed by atoms with Gasteiger partial charge < -0.3 is 14.2 Å².